The van der Waals surface area contributed by atoms with E-state index in [1.165, 1.54) is 18.9 Å². The maximum Gasteiger partial charge on any atom is 0.323 e. The average molecular weight is 262 g/mol. The van der Waals surface area contributed by atoms with Crippen LogP contribution in [0.1, 0.15) is 20.8 Å². The number of ether oxygens (including phenoxy) is 1. The minimum Gasteiger partial charge on any atom is -0.468 e. The smallest absolute Gasteiger partial charge is 0.323 e. The fraction of sp³-hybridized carbons (Fsp3) is 0.818. The van der Waals surface area contributed by atoms with Crippen molar-refractivity contribution in [1.29, 1.82) is 0 Å². The maximum atomic E-state index is 11.6. The highest BCUT2D eigenvalue weighted by Crippen LogP contribution is 2.11. The second kappa shape index (κ2) is 8.36. The van der Waals surface area contributed by atoms with Gasteiger partial charge in [0.15, 0.2) is 0 Å². The minimum absolute atomic E-state index is 0.0271. The van der Waals surface area contributed by atoms with E-state index >= 15 is 0 Å². The summed E-state index contributed by atoms with van der Waals surface area (Å²) in [6, 6.07) is -0.676. The number of amides is 1. The predicted molar refractivity (Wildman–Crippen MR) is 69.8 cm³/mol. The molecule has 0 aromatic rings. The van der Waals surface area contributed by atoms with Crippen molar-refractivity contribution in [3.8, 4) is 0 Å². The largest absolute Gasteiger partial charge is 0.468 e. The Morgan fingerprint density at radius 1 is 1.35 bits per heavy atom. The van der Waals surface area contributed by atoms with Gasteiger partial charge >= 0.3 is 5.97 Å². The van der Waals surface area contributed by atoms with Crippen LogP contribution in [0.5, 0.6) is 0 Å². The first kappa shape index (κ1) is 16.2. The van der Waals surface area contributed by atoms with Crippen LogP contribution < -0.4 is 11.1 Å². The Kier molecular flexibility index (Phi) is 7.99. The molecule has 0 saturated heterocycles. The molecule has 6 heteroatoms. The van der Waals surface area contributed by atoms with Gasteiger partial charge in [-0.05, 0) is 12.8 Å². The van der Waals surface area contributed by atoms with E-state index in [1.807, 2.05) is 13.8 Å². The highest BCUT2D eigenvalue weighted by Gasteiger charge is 2.18. The number of nitrogens with one attached hydrogen (secondary N) is 1. The Morgan fingerprint density at radius 2 is 1.94 bits per heavy atom. The molecule has 0 aliphatic carbocycles. The van der Waals surface area contributed by atoms with E-state index in [9.17, 15) is 9.59 Å². The topological polar surface area (TPSA) is 81.4 Å². The lowest BCUT2D eigenvalue weighted by Gasteiger charge is -2.15. The quantitative estimate of drug-likeness (QED) is 0.648. The highest BCUT2D eigenvalue weighted by atomic mass is 32.2. The predicted octanol–water partition coefficient (Wildman–Crippen LogP) is 0.381. The third-order valence-electron chi connectivity index (χ3n) is 2.08. The van der Waals surface area contributed by atoms with E-state index < -0.39 is 12.0 Å². The molecule has 0 aliphatic heterocycles. The van der Waals surface area contributed by atoms with E-state index in [0.29, 0.717) is 18.2 Å². The summed E-state index contributed by atoms with van der Waals surface area (Å²) < 4.78 is 4.51. The standard InChI is InChI=1S/C11H22N2O3S/c1-7(2)5-13-10(14)8(3)17-6-9(12)11(15)16-4/h7-9H,5-6,12H2,1-4H3,(H,13,14). The third-order valence-corrected chi connectivity index (χ3v) is 3.35. The summed E-state index contributed by atoms with van der Waals surface area (Å²) in [7, 11) is 1.30. The lowest BCUT2D eigenvalue weighted by atomic mass is 10.2. The van der Waals surface area contributed by atoms with Crippen molar-refractivity contribution in [2.24, 2.45) is 11.7 Å². The van der Waals surface area contributed by atoms with Crippen molar-refractivity contribution in [1.82, 2.24) is 5.32 Å². The van der Waals surface area contributed by atoms with Crippen LogP contribution in [-0.2, 0) is 14.3 Å². The van der Waals surface area contributed by atoms with Crippen LogP contribution in [0.3, 0.4) is 0 Å². The van der Waals surface area contributed by atoms with Gasteiger partial charge in [0.2, 0.25) is 5.91 Å². The molecule has 0 aliphatic rings. The monoisotopic (exact) mass is 262 g/mol. The lowest BCUT2D eigenvalue weighted by molar-refractivity contribution is -0.141. The van der Waals surface area contributed by atoms with Gasteiger partial charge in [-0.3, -0.25) is 9.59 Å². The van der Waals surface area contributed by atoms with Crippen LogP contribution in [0.25, 0.3) is 0 Å². The van der Waals surface area contributed by atoms with Crippen molar-refractivity contribution in [2.45, 2.75) is 32.1 Å². The van der Waals surface area contributed by atoms with Crippen molar-refractivity contribution >= 4 is 23.6 Å². The summed E-state index contributed by atoms with van der Waals surface area (Å²) in [5.41, 5.74) is 5.57. The Labute approximate surface area is 107 Å². The van der Waals surface area contributed by atoms with Crippen LogP contribution in [-0.4, -0.2) is 42.6 Å². The zero-order valence-electron chi connectivity index (χ0n) is 10.9. The number of carbonyl (C=O) groups excluding carboxylic acids is 2. The second-order valence-electron chi connectivity index (χ2n) is 4.24. The first-order valence-electron chi connectivity index (χ1n) is 5.61. The van der Waals surface area contributed by atoms with Gasteiger partial charge in [-0.15, -0.1) is 11.8 Å². The minimum atomic E-state index is -0.676. The van der Waals surface area contributed by atoms with Crippen LogP contribution in [0.15, 0.2) is 0 Å². The molecule has 0 heterocycles. The summed E-state index contributed by atoms with van der Waals surface area (Å²) in [6.45, 7) is 6.52. The summed E-state index contributed by atoms with van der Waals surface area (Å²) >= 11 is 1.35. The summed E-state index contributed by atoms with van der Waals surface area (Å²) in [5, 5.41) is 2.61. The number of rotatable bonds is 7. The normalized spacial score (nSPS) is 14.2. The van der Waals surface area contributed by atoms with E-state index in [0.717, 1.165) is 0 Å². The number of hydrogen-bond acceptors (Lipinski definition) is 5. The van der Waals surface area contributed by atoms with E-state index in [4.69, 9.17) is 5.73 Å². The Morgan fingerprint density at radius 3 is 2.41 bits per heavy atom. The second-order valence-corrected chi connectivity index (χ2v) is 5.62. The Hall–Kier alpha value is -0.750. The molecule has 3 N–H and O–H groups in total. The van der Waals surface area contributed by atoms with Gasteiger partial charge in [-0.2, -0.15) is 0 Å². The molecular weight excluding hydrogens is 240 g/mol. The molecule has 100 valence electrons. The number of carbonyl (C=O) groups is 2. The Bertz CT molecular complexity index is 259. The molecule has 0 saturated carbocycles. The van der Waals surface area contributed by atoms with Crippen LogP contribution >= 0.6 is 11.8 Å². The van der Waals surface area contributed by atoms with Crippen LogP contribution in [0.2, 0.25) is 0 Å². The van der Waals surface area contributed by atoms with Crippen LogP contribution in [0.4, 0.5) is 0 Å². The maximum absolute atomic E-state index is 11.6. The number of thioether (sulfide) groups is 1. The van der Waals surface area contributed by atoms with E-state index in [2.05, 4.69) is 10.1 Å². The molecule has 5 nitrogen and oxygen atoms in total. The zero-order valence-corrected chi connectivity index (χ0v) is 11.7. The van der Waals surface area contributed by atoms with Crippen molar-refractivity contribution in [3.05, 3.63) is 0 Å². The first-order valence-corrected chi connectivity index (χ1v) is 6.66. The van der Waals surface area contributed by atoms with E-state index in [1.54, 1.807) is 6.92 Å². The average Bonchev–Trinajstić information content (AvgIpc) is 2.31. The summed E-state index contributed by atoms with van der Waals surface area (Å²) in [4.78, 5) is 22.7. The molecule has 0 spiro atoms. The van der Waals surface area contributed by atoms with Gasteiger partial charge in [-0.25, -0.2) is 0 Å². The molecule has 0 aromatic heterocycles. The third kappa shape index (κ3) is 7.23. The van der Waals surface area contributed by atoms with Gasteiger partial charge < -0.3 is 15.8 Å². The fourth-order valence-electron chi connectivity index (χ4n) is 0.992. The van der Waals surface area contributed by atoms with E-state index in [-0.39, 0.29) is 11.2 Å². The number of esters is 1. The number of nitrogens with two attached hydrogens (primary N) is 1. The molecule has 0 aromatic carbocycles. The first-order chi connectivity index (χ1) is 7.88. The molecular formula is C11H22N2O3S. The molecule has 2 atom stereocenters. The highest BCUT2D eigenvalue weighted by molar-refractivity contribution is 8.00. The molecule has 0 bridgehead atoms. The summed E-state index contributed by atoms with van der Waals surface area (Å²) in [6.07, 6.45) is 0. The summed E-state index contributed by atoms with van der Waals surface area (Å²) in [5.74, 6) is 0.324. The van der Waals surface area contributed by atoms with Gasteiger partial charge in [0.1, 0.15) is 6.04 Å². The molecule has 0 rings (SSSR count). The van der Waals surface area contributed by atoms with Gasteiger partial charge in [0.25, 0.3) is 0 Å². The molecule has 17 heavy (non-hydrogen) atoms. The van der Waals surface area contributed by atoms with Gasteiger partial charge in [0, 0.05) is 12.3 Å². The zero-order chi connectivity index (χ0) is 13.4. The Balaban J connectivity index is 3.88. The fourth-order valence-corrected chi connectivity index (χ4v) is 1.86. The molecule has 1 amide bonds. The molecule has 0 radical (unpaired) electrons. The lowest BCUT2D eigenvalue weighted by Crippen LogP contribution is -2.37. The van der Waals surface area contributed by atoms with Crippen molar-refractivity contribution in [3.63, 3.8) is 0 Å². The molecule has 2 unspecified atom stereocenters. The van der Waals surface area contributed by atoms with Gasteiger partial charge in [-0.1, -0.05) is 13.8 Å². The number of methoxy groups -OCH3 is 1. The number of hydrogen-bond donors (Lipinski definition) is 2. The van der Waals surface area contributed by atoms with Crippen molar-refractivity contribution in [2.75, 3.05) is 19.4 Å². The molecule has 0 fully saturated rings. The van der Waals surface area contributed by atoms with Crippen molar-refractivity contribution < 1.29 is 14.3 Å². The van der Waals surface area contributed by atoms with Crippen LogP contribution in [0, 0.1) is 5.92 Å². The van der Waals surface area contributed by atoms with Gasteiger partial charge in [0.05, 0.1) is 12.4 Å². The SMILES string of the molecule is COC(=O)C(N)CSC(C)C(=O)NCC(C)C.